The van der Waals surface area contributed by atoms with Crippen molar-refractivity contribution < 1.29 is 14.2 Å². The molecule has 1 aromatic carbocycles. The van der Waals surface area contributed by atoms with Crippen LogP contribution in [0.2, 0.25) is 0 Å². The molecular formula is C13H18FNO2. The zero-order chi connectivity index (χ0) is 12.3. The van der Waals surface area contributed by atoms with E-state index in [1.54, 1.807) is 12.1 Å². The van der Waals surface area contributed by atoms with Crippen LogP contribution in [0, 0.1) is 5.82 Å². The van der Waals surface area contributed by atoms with Crippen LogP contribution < -0.4 is 10.1 Å². The SMILES string of the molecule is COc1ccc(CC2(O)CCNCC2)c(F)c1. The predicted octanol–water partition coefficient (Wildman–Crippen LogP) is 1.49. The van der Waals surface area contributed by atoms with Crippen LogP contribution in [0.4, 0.5) is 4.39 Å². The molecule has 0 aromatic heterocycles. The van der Waals surface area contributed by atoms with Crippen molar-refractivity contribution in [1.82, 2.24) is 5.32 Å². The highest BCUT2D eigenvalue weighted by Gasteiger charge is 2.30. The molecule has 0 aliphatic carbocycles. The average molecular weight is 239 g/mol. The smallest absolute Gasteiger partial charge is 0.130 e. The molecule has 17 heavy (non-hydrogen) atoms. The summed E-state index contributed by atoms with van der Waals surface area (Å²) in [5.74, 6) is 0.194. The summed E-state index contributed by atoms with van der Waals surface area (Å²) in [4.78, 5) is 0. The van der Waals surface area contributed by atoms with E-state index in [9.17, 15) is 9.50 Å². The normalized spacial score (nSPS) is 19.0. The Morgan fingerprint density at radius 3 is 2.71 bits per heavy atom. The van der Waals surface area contributed by atoms with Crippen LogP contribution in [-0.2, 0) is 6.42 Å². The van der Waals surface area contributed by atoms with Crippen LogP contribution in [0.25, 0.3) is 0 Å². The van der Waals surface area contributed by atoms with Gasteiger partial charge in [-0.1, -0.05) is 6.07 Å². The van der Waals surface area contributed by atoms with Gasteiger partial charge < -0.3 is 15.2 Å². The summed E-state index contributed by atoms with van der Waals surface area (Å²) in [6.07, 6.45) is 1.70. The number of aliphatic hydroxyl groups is 1. The fraction of sp³-hybridized carbons (Fsp3) is 0.538. The summed E-state index contributed by atoms with van der Waals surface area (Å²) < 4.78 is 18.7. The summed E-state index contributed by atoms with van der Waals surface area (Å²) in [6, 6.07) is 4.77. The number of rotatable bonds is 3. The summed E-state index contributed by atoms with van der Waals surface area (Å²) in [5, 5.41) is 13.5. The highest BCUT2D eigenvalue weighted by Crippen LogP contribution is 2.26. The topological polar surface area (TPSA) is 41.5 Å². The van der Waals surface area contributed by atoms with Crippen molar-refractivity contribution in [2.75, 3.05) is 20.2 Å². The first kappa shape index (κ1) is 12.3. The summed E-state index contributed by atoms with van der Waals surface area (Å²) in [6.45, 7) is 1.57. The van der Waals surface area contributed by atoms with Crippen LogP contribution >= 0.6 is 0 Å². The Labute approximate surface area is 101 Å². The first-order valence-corrected chi connectivity index (χ1v) is 5.88. The molecule has 3 nitrogen and oxygen atoms in total. The van der Waals surface area contributed by atoms with Crippen LogP contribution in [0.5, 0.6) is 5.75 Å². The monoisotopic (exact) mass is 239 g/mol. The Morgan fingerprint density at radius 2 is 2.12 bits per heavy atom. The van der Waals surface area contributed by atoms with Gasteiger partial charge in [0.1, 0.15) is 11.6 Å². The third-order valence-electron chi connectivity index (χ3n) is 3.31. The first-order valence-electron chi connectivity index (χ1n) is 5.88. The van der Waals surface area contributed by atoms with E-state index in [0.29, 0.717) is 30.6 Å². The van der Waals surface area contributed by atoms with Gasteiger partial charge in [0.05, 0.1) is 12.7 Å². The van der Waals surface area contributed by atoms with E-state index in [4.69, 9.17) is 4.74 Å². The summed E-state index contributed by atoms with van der Waals surface area (Å²) >= 11 is 0. The molecule has 1 aliphatic rings. The third kappa shape index (κ3) is 2.96. The predicted molar refractivity (Wildman–Crippen MR) is 63.7 cm³/mol. The van der Waals surface area contributed by atoms with Crippen molar-refractivity contribution in [2.24, 2.45) is 0 Å². The van der Waals surface area contributed by atoms with Gasteiger partial charge >= 0.3 is 0 Å². The zero-order valence-electron chi connectivity index (χ0n) is 10.0. The van der Waals surface area contributed by atoms with Gasteiger partial charge in [-0.15, -0.1) is 0 Å². The number of hydrogen-bond donors (Lipinski definition) is 2. The van der Waals surface area contributed by atoms with Gasteiger partial charge in [-0.2, -0.15) is 0 Å². The molecule has 1 fully saturated rings. The minimum absolute atomic E-state index is 0.309. The minimum Gasteiger partial charge on any atom is -0.497 e. The largest absolute Gasteiger partial charge is 0.497 e. The minimum atomic E-state index is -0.777. The molecule has 0 unspecified atom stereocenters. The lowest BCUT2D eigenvalue weighted by atomic mass is 9.86. The lowest BCUT2D eigenvalue weighted by Crippen LogP contribution is -2.43. The third-order valence-corrected chi connectivity index (χ3v) is 3.31. The molecule has 0 saturated carbocycles. The van der Waals surface area contributed by atoms with Gasteiger partial charge in [-0.25, -0.2) is 4.39 Å². The summed E-state index contributed by atoms with van der Waals surface area (Å²) in [7, 11) is 1.51. The van der Waals surface area contributed by atoms with Crippen LogP contribution in [0.15, 0.2) is 18.2 Å². The van der Waals surface area contributed by atoms with E-state index in [1.165, 1.54) is 13.2 Å². The number of halogens is 1. The lowest BCUT2D eigenvalue weighted by molar-refractivity contribution is 0.0101. The van der Waals surface area contributed by atoms with E-state index in [-0.39, 0.29) is 5.82 Å². The van der Waals surface area contributed by atoms with Gasteiger partial charge in [-0.3, -0.25) is 0 Å². The standard InChI is InChI=1S/C13H18FNO2/c1-17-11-3-2-10(12(14)8-11)9-13(16)4-6-15-7-5-13/h2-3,8,15-16H,4-7,9H2,1H3. The van der Waals surface area contributed by atoms with Crippen LogP contribution in [-0.4, -0.2) is 30.9 Å². The number of piperidine rings is 1. The Hall–Kier alpha value is -1.13. The quantitative estimate of drug-likeness (QED) is 0.839. The second-order valence-electron chi connectivity index (χ2n) is 4.61. The maximum absolute atomic E-state index is 13.8. The molecule has 1 aliphatic heterocycles. The van der Waals surface area contributed by atoms with Crippen molar-refractivity contribution in [2.45, 2.75) is 24.9 Å². The maximum atomic E-state index is 13.8. The fourth-order valence-corrected chi connectivity index (χ4v) is 2.22. The molecule has 1 aromatic rings. The molecule has 0 radical (unpaired) electrons. The number of nitrogens with one attached hydrogen (secondary N) is 1. The van der Waals surface area contributed by atoms with Gasteiger partial charge in [0.25, 0.3) is 0 Å². The molecule has 2 N–H and O–H groups in total. The second-order valence-corrected chi connectivity index (χ2v) is 4.61. The molecule has 0 amide bonds. The average Bonchev–Trinajstić information content (AvgIpc) is 2.32. The van der Waals surface area contributed by atoms with Gasteiger partial charge in [-0.05, 0) is 37.6 Å². The van der Waals surface area contributed by atoms with E-state index in [1.807, 2.05) is 0 Å². The first-order chi connectivity index (χ1) is 8.13. The Morgan fingerprint density at radius 1 is 1.41 bits per heavy atom. The molecule has 0 bridgehead atoms. The highest BCUT2D eigenvalue weighted by molar-refractivity contribution is 5.29. The van der Waals surface area contributed by atoms with Crippen molar-refractivity contribution in [3.63, 3.8) is 0 Å². The molecule has 94 valence electrons. The van der Waals surface area contributed by atoms with E-state index < -0.39 is 5.60 Å². The van der Waals surface area contributed by atoms with Crippen molar-refractivity contribution in [3.8, 4) is 5.75 Å². The molecule has 0 atom stereocenters. The molecular weight excluding hydrogens is 221 g/mol. The van der Waals surface area contributed by atoms with Gasteiger partial charge in [0, 0.05) is 12.5 Å². The van der Waals surface area contributed by atoms with Gasteiger partial charge in [0.2, 0.25) is 0 Å². The Bertz CT molecular complexity index is 389. The molecule has 0 spiro atoms. The van der Waals surface area contributed by atoms with Crippen LogP contribution in [0.1, 0.15) is 18.4 Å². The number of hydrogen-bond acceptors (Lipinski definition) is 3. The Balaban J connectivity index is 2.12. The molecule has 2 rings (SSSR count). The highest BCUT2D eigenvalue weighted by atomic mass is 19.1. The molecule has 4 heteroatoms. The maximum Gasteiger partial charge on any atom is 0.130 e. The van der Waals surface area contributed by atoms with Crippen LogP contribution in [0.3, 0.4) is 0 Å². The number of methoxy groups -OCH3 is 1. The van der Waals surface area contributed by atoms with E-state index in [0.717, 1.165) is 13.1 Å². The van der Waals surface area contributed by atoms with E-state index in [2.05, 4.69) is 5.32 Å². The van der Waals surface area contributed by atoms with Gasteiger partial charge in [0.15, 0.2) is 0 Å². The van der Waals surface area contributed by atoms with E-state index >= 15 is 0 Å². The van der Waals surface area contributed by atoms with Crippen molar-refractivity contribution >= 4 is 0 Å². The number of ether oxygens (including phenoxy) is 1. The molecule has 1 heterocycles. The fourth-order valence-electron chi connectivity index (χ4n) is 2.22. The molecule has 1 saturated heterocycles. The van der Waals surface area contributed by atoms with Crippen molar-refractivity contribution in [1.29, 1.82) is 0 Å². The Kier molecular flexibility index (Phi) is 3.64. The lowest BCUT2D eigenvalue weighted by Gasteiger charge is -2.32. The summed E-state index contributed by atoms with van der Waals surface area (Å²) in [5.41, 5.74) is -0.226. The number of benzene rings is 1. The zero-order valence-corrected chi connectivity index (χ0v) is 10.0. The second kappa shape index (κ2) is 5.02. The van der Waals surface area contributed by atoms with Crippen molar-refractivity contribution in [3.05, 3.63) is 29.6 Å².